The number of nitrogens with zero attached hydrogens (tertiary/aromatic N) is 1. The molecule has 1 aromatic heterocycles. The van der Waals surface area contributed by atoms with Crippen LogP contribution in [0.4, 0.5) is 5.69 Å². The molecule has 0 aliphatic rings. The standard InChI is InChI=1S/C26H18ClN3O5/c27-20-12-10-17(11-13-20)24(31)29-21-7-3-6-18(15-21)25(32)30-28-16-19-5-1-2-8-22(19)35-26(33)23-9-4-14-34-23/h1-16H,(H,29,31)(H,30,32). The molecule has 4 rings (SSSR count). The Labute approximate surface area is 205 Å². The Hall–Kier alpha value is -4.69. The monoisotopic (exact) mass is 487 g/mol. The van der Waals surface area contributed by atoms with E-state index in [4.69, 9.17) is 20.8 Å². The Kier molecular flexibility index (Phi) is 7.34. The van der Waals surface area contributed by atoms with Crippen LogP contribution in [0.25, 0.3) is 0 Å². The number of hydrogen-bond acceptors (Lipinski definition) is 6. The highest BCUT2D eigenvalue weighted by Gasteiger charge is 2.13. The lowest BCUT2D eigenvalue weighted by molar-refractivity contribution is 0.0700. The van der Waals surface area contributed by atoms with Gasteiger partial charge in [-0.15, -0.1) is 0 Å². The molecule has 0 radical (unpaired) electrons. The van der Waals surface area contributed by atoms with Crippen LogP contribution in [-0.2, 0) is 0 Å². The highest BCUT2D eigenvalue weighted by molar-refractivity contribution is 6.30. The van der Waals surface area contributed by atoms with Gasteiger partial charge in [0.1, 0.15) is 5.75 Å². The van der Waals surface area contributed by atoms with Gasteiger partial charge in [-0.2, -0.15) is 5.10 Å². The van der Waals surface area contributed by atoms with Crippen molar-refractivity contribution in [1.82, 2.24) is 5.43 Å². The molecule has 1 heterocycles. The number of para-hydroxylation sites is 1. The number of esters is 1. The number of furan rings is 1. The number of carbonyl (C=O) groups excluding carboxylic acids is 3. The van der Waals surface area contributed by atoms with Gasteiger partial charge < -0.3 is 14.5 Å². The smallest absolute Gasteiger partial charge is 0.379 e. The first-order valence-corrected chi connectivity index (χ1v) is 10.7. The predicted molar refractivity (Wildman–Crippen MR) is 131 cm³/mol. The molecule has 2 N–H and O–H groups in total. The molecule has 8 nitrogen and oxygen atoms in total. The molecule has 0 saturated heterocycles. The summed E-state index contributed by atoms with van der Waals surface area (Å²) in [4.78, 5) is 37.1. The second-order valence-corrected chi connectivity index (χ2v) is 7.58. The van der Waals surface area contributed by atoms with Crippen LogP contribution in [0.15, 0.2) is 101 Å². The van der Waals surface area contributed by atoms with Gasteiger partial charge >= 0.3 is 5.97 Å². The minimum atomic E-state index is -0.655. The fourth-order valence-corrected chi connectivity index (χ4v) is 3.12. The highest BCUT2D eigenvalue weighted by atomic mass is 35.5. The number of halogens is 1. The van der Waals surface area contributed by atoms with Gasteiger partial charge in [-0.3, -0.25) is 9.59 Å². The van der Waals surface area contributed by atoms with Crippen LogP contribution in [0.2, 0.25) is 5.02 Å². The number of amides is 2. The number of hydrazone groups is 1. The molecule has 0 aliphatic heterocycles. The van der Waals surface area contributed by atoms with Crippen molar-refractivity contribution >= 4 is 41.3 Å². The second-order valence-electron chi connectivity index (χ2n) is 7.15. The summed E-state index contributed by atoms with van der Waals surface area (Å²) >= 11 is 5.85. The fourth-order valence-electron chi connectivity index (χ4n) is 2.99. The normalized spacial score (nSPS) is 10.7. The van der Waals surface area contributed by atoms with Gasteiger partial charge in [0.2, 0.25) is 5.76 Å². The van der Waals surface area contributed by atoms with E-state index >= 15 is 0 Å². The van der Waals surface area contributed by atoms with E-state index in [2.05, 4.69) is 15.8 Å². The third-order valence-corrected chi connectivity index (χ3v) is 4.95. The van der Waals surface area contributed by atoms with Crippen LogP contribution >= 0.6 is 11.6 Å². The fraction of sp³-hybridized carbons (Fsp3) is 0. The maximum absolute atomic E-state index is 12.5. The third kappa shape index (κ3) is 6.21. The molecule has 35 heavy (non-hydrogen) atoms. The van der Waals surface area contributed by atoms with Crippen molar-refractivity contribution in [2.24, 2.45) is 5.10 Å². The van der Waals surface area contributed by atoms with Crippen LogP contribution < -0.4 is 15.5 Å². The molecule has 0 unspecified atom stereocenters. The van der Waals surface area contributed by atoms with E-state index in [0.29, 0.717) is 21.8 Å². The molecule has 0 spiro atoms. The number of nitrogens with one attached hydrogen (secondary N) is 2. The van der Waals surface area contributed by atoms with Crippen LogP contribution in [-0.4, -0.2) is 24.0 Å². The molecule has 9 heteroatoms. The largest absolute Gasteiger partial charge is 0.457 e. The lowest BCUT2D eigenvalue weighted by Gasteiger charge is -2.07. The molecule has 4 aromatic rings. The summed E-state index contributed by atoms with van der Waals surface area (Å²) in [6.07, 6.45) is 2.73. The topological polar surface area (TPSA) is 110 Å². The van der Waals surface area contributed by atoms with Gasteiger partial charge in [0.15, 0.2) is 0 Å². The van der Waals surface area contributed by atoms with E-state index in [1.165, 1.54) is 24.6 Å². The maximum Gasteiger partial charge on any atom is 0.379 e. The number of benzene rings is 3. The lowest BCUT2D eigenvalue weighted by atomic mass is 10.1. The van der Waals surface area contributed by atoms with Crippen molar-refractivity contribution in [2.75, 3.05) is 5.32 Å². The SMILES string of the molecule is O=C(NN=Cc1ccccc1OC(=O)c1ccco1)c1cccc(NC(=O)c2ccc(Cl)cc2)c1. The van der Waals surface area contributed by atoms with Crippen LogP contribution in [0, 0.1) is 0 Å². The molecule has 0 saturated carbocycles. The Balaban J connectivity index is 1.39. The van der Waals surface area contributed by atoms with Crippen molar-refractivity contribution in [3.05, 3.63) is 119 Å². The Morgan fingerprint density at radius 3 is 2.43 bits per heavy atom. The van der Waals surface area contributed by atoms with Crippen LogP contribution in [0.5, 0.6) is 5.75 Å². The van der Waals surface area contributed by atoms with E-state index in [1.807, 2.05) is 0 Å². The molecule has 174 valence electrons. The number of rotatable bonds is 7. The minimum Gasteiger partial charge on any atom is -0.457 e. The van der Waals surface area contributed by atoms with E-state index < -0.39 is 11.9 Å². The molecule has 0 atom stereocenters. The quantitative estimate of drug-likeness (QED) is 0.162. The second kappa shape index (κ2) is 11.0. The molecule has 0 bridgehead atoms. The molecule has 2 amide bonds. The van der Waals surface area contributed by atoms with Crippen molar-refractivity contribution in [3.63, 3.8) is 0 Å². The Morgan fingerprint density at radius 2 is 1.66 bits per heavy atom. The van der Waals surface area contributed by atoms with Gasteiger partial charge in [-0.1, -0.05) is 29.8 Å². The van der Waals surface area contributed by atoms with Crippen molar-refractivity contribution in [3.8, 4) is 5.75 Å². The minimum absolute atomic E-state index is 0.0630. The highest BCUT2D eigenvalue weighted by Crippen LogP contribution is 2.18. The van der Waals surface area contributed by atoms with Crippen molar-refractivity contribution in [1.29, 1.82) is 0 Å². The summed E-state index contributed by atoms with van der Waals surface area (Å²) in [5, 5.41) is 7.22. The Morgan fingerprint density at radius 1 is 0.857 bits per heavy atom. The van der Waals surface area contributed by atoms with Crippen LogP contribution in [0.1, 0.15) is 36.8 Å². The zero-order valence-electron chi connectivity index (χ0n) is 18.1. The van der Waals surface area contributed by atoms with E-state index in [9.17, 15) is 14.4 Å². The first-order valence-electron chi connectivity index (χ1n) is 10.3. The average molecular weight is 488 g/mol. The zero-order chi connectivity index (χ0) is 24.6. The number of anilines is 1. The average Bonchev–Trinajstić information content (AvgIpc) is 3.41. The molecule has 0 fully saturated rings. The van der Waals surface area contributed by atoms with Gasteiger partial charge in [0, 0.05) is 27.4 Å². The molecule has 0 aliphatic carbocycles. The van der Waals surface area contributed by atoms with E-state index in [-0.39, 0.29) is 23.0 Å². The molecule has 3 aromatic carbocycles. The van der Waals surface area contributed by atoms with Gasteiger partial charge in [-0.05, 0) is 66.7 Å². The number of ether oxygens (including phenoxy) is 1. The number of carbonyl (C=O) groups is 3. The summed E-state index contributed by atoms with van der Waals surface area (Å²) in [5.74, 6) is -1.17. The summed E-state index contributed by atoms with van der Waals surface area (Å²) in [6, 6.07) is 22.6. The van der Waals surface area contributed by atoms with Crippen LogP contribution in [0.3, 0.4) is 0 Å². The summed E-state index contributed by atoms with van der Waals surface area (Å²) in [7, 11) is 0. The van der Waals surface area contributed by atoms with Crippen molar-refractivity contribution in [2.45, 2.75) is 0 Å². The van der Waals surface area contributed by atoms with Gasteiger partial charge in [0.05, 0.1) is 12.5 Å². The van der Waals surface area contributed by atoms with Gasteiger partial charge in [-0.25, -0.2) is 10.2 Å². The third-order valence-electron chi connectivity index (χ3n) is 4.70. The first kappa shape index (κ1) is 23.5. The summed E-state index contributed by atoms with van der Waals surface area (Å²) in [5.41, 5.74) is 4.05. The summed E-state index contributed by atoms with van der Waals surface area (Å²) in [6.45, 7) is 0. The van der Waals surface area contributed by atoms with Crippen molar-refractivity contribution < 1.29 is 23.5 Å². The lowest BCUT2D eigenvalue weighted by Crippen LogP contribution is -2.18. The predicted octanol–water partition coefficient (Wildman–Crippen LogP) is 5.17. The first-order chi connectivity index (χ1) is 17.0. The maximum atomic E-state index is 12.5. The van der Waals surface area contributed by atoms with E-state index in [1.54, 1.807) is 72.8 Å². The molecular formula is C26H18ClN3O5. The van der Waals surface area contributed by atoms with Gasteiger partial charge in [0.25, 0.3) is 11.8 Å². The zero-order valence-corrected chi connectivity index (χ0v) is 18.9. The number of hydrogen-bond donors (Lipinski definition) is 2. The van der Waals surface area contributed by atoms with E-state index in [0.717, 1.165) is 0 Å². The summed E-state index contributed by atoms with van der Waals surface area (Å²) < 4.78 is 10.4. The Bertz CT molecular complexity index is 1380. The molecular weight excluding hydrogens is 470 g/mol.